The van der Waals surface area contributed by atoms with Crippen LogP contribution in [0.25, 0.3) is 0 Å². The molecule has 0 bridgehead atoms. The predicted molar refractivity (Wildman–Crippen MR) is 75.9 cm³/mol. The predicted octanol–water partition coefficient (Wildman–Crippen LogP) is 3.27. The highest BCUT2D eigenvalue weighted by Gasteiger charge is 2.13. The van der Waals surface area contributed by atoms with Crippen molar-refractivity contribution in [3.05, 3.63) is 54.2 Å². The summed E-state index contributed by atoms with van der Waals surface area (Å²) in [4.78, 5) is 16.0. The number of benzene rings is 1. The summed E-state index contributed by atoms with van der Waals surface area (Å²) < 4.78 is 1.18. The fraction of sp³-hybridized carbons (Fsp3) is 0.0769. The Labute approximate surface area is 111 Å². The zero-order valence-corrected chi connectivity index (χ0v) is 10.8. The number of carbonyl (C=O) groups excluding carboxylic acids is 1. The van der Waals surface area contributed by atoms with Crippen molar-refractivity contribution in [2.45, 2.75) is 6.92 Å². The van der Waals surface area contributed by atoms with Crippen LogP contribution in [0.5, 0.6) is 0 Å². The highest BCUT2D eigenvalue weighted by Crippen LogP contribution is 2.16. The molecule has 2 aromatic rings. The maximum atomic E-state index is 11.9. The highest BCUT2D eigenvalue weighted by atomic mass is 32.1. The summed E-state index contributed by atoms with van der Waals surface area (Å²) in [6.45, 7) is 1.93. The van der Waals surface area contributed by atoms with E-state index in [0.717, 1.165) is 5.56 Å². The van der Waals surface area contributed by atoms with E-state index in [0.29, 0.717) is 11.5 Å². The van der Waals surface area contributed by atoms with Crippen molar-refractivity contribution in [2.75, 3.05) is 9.62 Å². The molecule has 1 aromatic carbocycles. The molecule has 0 spiro atoms. The average Bonchev–Trinajstić information content (AvgIpc) is 2.39. The van der Waals surface area contributed by atoms with Crippen LogP contribution >= 0.6 is 12.8 Å². The van der Waals surface area contributed by atoms with Crippen LogP contribution in [-0.2, 0) is 0 Å². The minimum atomic E-state index is -0.345. The lowest BCUT2D eigenvalue weighted by Gasteiger charge is -2.15. The third kappa shape index (κ3) is 3.01. The van der Waals surface area contributed by atoms with Crippen molar-refractivity contribution in [3.63, 3.8) is 0 Å². The van der Waals surface area contributed by atoms with E-state index in [1.54, 1.807) is 12.3 Å². The number of amides is 2. The number of aromatic nitrogens is 1. The van der Waals surface area contributed by atoms with Gasteiger partial charge in [0.2, 0.25) is 0 Å². The summed E-state index contributed by atoms with van der Waals surface area (Å²) in [5.74, 6) is 0.492. The second-order valence-corrected chi connectivity index (χ2v) is 4.20. The Kier molecular flexibility index (Phi) is 3.84. The summed E-state index contributed by atoms with van der Waals surface area (Å²) in [7, 11) is 0. The van der Waals surface area contributed by atoms with Crippen LogP contribution in [0.2, 0.25) is 0 Å². The van der Waals surface area contributed by atoms with E-state index < -0.39 is 0 Å². The standard InChI is InChI=1S/C13H13N3OS/c1-10-7-8-14-12(9-10)16(18)13(17)15-11-5-3-2-4-6-11/h2-9,18H,1H3,(H,15,17). The van der Waals surface area contributed by atoms with Crippen LogP contribution in [0.15, 0.2) is 48.7 Å². The average molecular weight is 259 g/mol. The van der Waals surface area contributed by atoms with E-state index in [-0.39, 0.29) is 6.03 Å². The quantitative estimate of drug-likeness (QED) is 0.813. The highest BCUT2D eigenvalue weighted by molar-refractivity contribution is 7.82. The first-order valence-corrected chi connectivity index (χ1v) is 5.84. The van der Waals surface area contributed by atoms with Crippen molar-refractivity contribution in [1.82, 2.24) is 4.98 Å². The van der Waals surface area contributed by atoms with Gasteiger partial charge < -0.3 is 5.32 Å². The number of aryl methyl sites for hydroxylation is 1. The second kappa shape index (κ2) is 5.55. The number of pyridine rings is 1. The van der Waals surface area contributed by atoms with Gasteiger partial charge in [-0.3, -0.25) is 0 Å². The van der Waals surface area contributed by atoms with Gasteiger partial charge in [0.15, 0.2) is 0 Å². The van der Waals surface area contributed by atoms with Crippen LogP contribution in [0.3, 0.4) is 0 Å². The molecule has 0 aliphatic carbocycles. The van der Waals surface area contributed by atoms with Gasteiger partial charge in [-0.05, 0) is 36.8 Å². The lowest BCUT2D eigenvalue weighted by molar-refractivity contribution is 0.260. The molecule has 1 N–H and O–H groups in total. The monoisotopic (exact) mass is 259 g/mol. The SMILES string of the molecule is Cc1ccnc(N(S)C(=O)Nc2ccccc2)c1. The van der Waals surface area contributed by atoms with Gasteiger partial charge in [-0.1, -0.05) is 31.0 Å². The van der Waals surface area contributed by atoms with E-state index in [2.05, 4.69) is 23.1 Å². The third-order valence-corrected chi connectivity index (χ3v) is 2.72. The Balaban J connectivity index is 2.10. The van der Waals surface area contributed by atoms with E-state index in [4.69, 9.17) is 0 Å². The lowest BCUT2D eigenvalue weighted by Crippen LogP contribution is -2.27. The van der Waals surface area contributed by atoms with Crippen LogP contribution in [0.1, 0.15) is 5.56 Å². The molecule has 2 rings (SSSR count). The summed E-state index contributed by atoms with van der Waals surface area (Å²) in [5.41, 5.74) is 1.74. The molecule has 0 saturated heterocycles. The Morgan fingerprint density at radius 2 is 2.00 bits per heavy atom. The number of nitrogens with one attached hydrogen (secondary N) is 1. The van der Waals surface area contributed by atoms with Gasteiger partial charge in [0.1, 0.15) is 5.82 Å². The molecule has 1 heterocycles. The second-order valence-electron chi connectivity index (χ2n) is 3.80. The molecule has 0 aliphatic heterocycles. The molecule has 0 unspecified atom stereocenters. The molecule has 2 amide bonds. The van der Waals surface area contributed by atoms with Crippen LogP contribution in [-0.4, -0.2) is 11.0 Å². The Morgan fingerprint density at radius 1 is 1.28 bits per heavy atom. The van der Waals surface area contributed by atoms with Crippen LogP contribution in [0, 0.1) is 6.92 Å². The van der Waals surface area contributed by atoms with Gasteiger partial charge in [0, 0.05) is 11.9 Å². The van der Waals surface area contributed by atoms with Gasteiger partial charge in [0.25, 0.3) is 0 Å². The molecule has 0 saturated carbocycles. The van der Waals surface area contributed by atoms with Crippen molar-refractivity contribution in [3.8, 4) is 0 Å². The summed E-state index contributed by atoms with van der Waals surface area (Å²) >= 11 is 4.15. The minimum Gasteiger partial charge on any atom is -0.307 e. The Hall–Kier alpha value is -2.01. The van der Waals surface area contributed by atoms with Crippen molar-refractivity contribution >= 4 is 30.4 Å². The van der Waals surface area contributed by atoms with Crippen molar-refractivity contribution < 1.29 is 4.79 Å². The first-order chi connectivity index (χ1) is 8.66. The summed E-state index contributed by atoms with van der Waals surface area (Å²) in [6.07, 6.45) is 1.64. The van der Waals surface area contributed by atoms with Gasteiger partial charge in [-0.15, -0.1) is 0 Å². The van der Waals surface area contributed by atoms with Crippen molar-refractivity contribution in [2.24, 2.45) is 0 Å². The lowest BCUT2D eigenvalue weighted by atomic mass is 10.3. The number of anilines is 2. The van der Waals surface area contributed by atoms with Gasteiger partial charge in [0.05, 0.1) is 0 Å². The van der Waals surface area contributed by atoms with Gasteiger partial charge >= 0.3 is 6.03 Å². The number of nitrogens with zero attached hydrogens (tertiary/aromatic N) is 2. The van der Waals surface area contributed by atoms with E-state index in [9.17, 15) is 4.79 Å². The van der Waals surface area contributed by atoms with Gasteiger partial charge in [-0.25, -0.2) is 14.1 Å². The zero-order valence-electron chi connectivity index (χ0n) is 9.87. The summed E-state index contributed by atoms with van der Waals surface area (Å²) in [5, 5.41) is 2.73. The molecule has 92 valence electrons. The van der Waals surface area contributed by atoms with Crippen LogP contribution < -0.4 is 9.62 Å². The molecule has 4 nitrogen and oxygen atoms in total. The molecule has 5 heteroatoms. The maximum absolute atomic E-state index is 11.9. The smallest absolute Gasteiger partial charge is 0.307 e. The Bertz CT molecular complexity index is 545. The van der Waals surface area contributed by atoms with E-state index >= 15 is 0 Å². The van der Waals surface area contributed by atoms with E-state index in [1.807, 2.05) is 43.3 Å². The van der Waals surface area contributed by atoms with Crippen molar-refractivity contribution in [1.29, 1.82) is 0 Å². The molecule has 18 heavy (non-hydrogen) atoms. The molecule has 0 atom stereocenters. The first kappa shape index (κ1) is 12.4. The maximum Gasteiger partial charge on any atom is 0.337 e. The number of hydrogen-bond donors (Lipinski definition) is 2. The molecule has 0 fully saturated rings. The minimum absolute atomic E-state index is 0.345. The molecular formula is C13H13N3OS. The first-order valence-electron chi connectivity index (χ1n) is 5.44. The molecule has 1 aromatic heterocycles. The fourth-order valence-corrected chi connectivity index (χ4v) is 1.60. The number of thiol groups is 1. The van der Waals surface area contributed by atoms with Gasteiger partial charge in [-0.2, -0.15) is 0 Å². The summed E-state index contributed by atoms with van der Waals surface area (Å²) in [6, 6.07) is 12.5. The zero-order chi connectivity index (χ0) is 13.0. The number of hydrogen-bond acceptors (Lipinski definition) is 3. The number of carbonyl (C=O) groups is 1. The van der Waals surface area contributed by atoms with E-state index in [1.165, 1.54) is 4.31 Å². The Morgan fingerprint density at radius 3 is 2.67 bits per heavy atom. The number of para-hydroxylation sites is 1. The fourth-order valence-electron chi connectivity index (χ4n) is 1.44. The molecular weight excluding hydrogens is 246 g/mol. The number of urea groups is 1. The normalized spacial score (nSPS) is 9.89. The third-order valence-electron chi connectivity index (χ3n) is 2.34. The largest absolute Gasteiger partial charge is 0.337 e. The number of rotatable bonds is 2. The topological polar surface area (TPSA) is 45.2 Å². The molecule has 0 radical (unpaired) electrons. The van der Waals surface area contributed by atoms with Crippen LogP contribution in [0.4, 0.5) is 16.3 Å². The molecule has 0 aliphatic rings.